The van der Waals surface area contributed by atoms with Crippen LogP contribution in [0.15, 0.2) is 18.3 Å². The van der Waals surface area contributed by atoms with Gasteiger partial charge in [-0.2, -0.15) is 0 Å². The number of anilines is 1. The van der Waals surface area contributed by atoms with Crippen LogP contribution in [0.4, 0.5) is 5.69 Å². The van der Waals surface area contributed by atoms with Gasteiger partial charge in [-0.1, -0.05) is 6.42 Å². The first-order valence-electron chi connectivity index (χ1n) is 7.33. The van der Waals surface area contributed by atoms with Gasteiger partial charge < -0.3 is 15.7 Å². The highest BCUT2D eigenvalue weighted by Crippen LogP contribution is 2.13. The first kappa shape index (κ1) is 15.4. The normalized spacial score (nSPS) is 18.2. The van der Waals surface area contributed by atoms with E-state index in [9.17, 15) is 9.59 Å². The average Bonchev–Trinajstić information content (AvgIpc) is 2.48. The smallest absolute Gasteiger partial charge is 0.309 e. The topological polar surface area (TPSA) is 91.3 Å². The van der Waals surface area contributed by atoms with E-state index in [2.05, 4.69) is 15.6 Å². The van der Waals surface area contributed by atoms with Gasteiger partial charge in [0.05, 0.1) is 24.0 Å². The van der Waals surface area contributed by atoms with Crippen molar-refractivity contribution < 1.29 is 14.7 Å². The number of pyridine rings is 1. The molecule has 3 N–H and O–H groups in total. The second-order valence-electron chi connectivity index (χ2n) is 5.34. The lowest BCUT2D eigenvalue weighted by Gasteiger charge is -2.23. The molecule has 1 aromatic rings. The number of rotatable bonds is 6. The van der Waals surface area contributed by atoms with E-state index < -0.39 is 5.97 Å². The second-order valence-corrected chi connectivity index (χ2v) is 5.34. The third-order valence-electron chi connectivity index (χ3n) is 3.57. The number of nitrogens with zero attached hydrogens (tertiary/aromatic N) is 1. The minimum Gasteiger partial charge on any atom is -0.481 e. The Morgan fingerprint density at radius 2 is 2.24 bits per heavy atom. The maximum atomic E-state index is 11.9. The number of carboxylic acid groups (broad SMARTS) is 1. The van der Waals surface area contributed by atoms with E-state index in [0.29, 0.717) is 23.8 Å². The van der Waals surface area contributed by atoms with Gasteiger partial charge in [-0.3, -0.25) is 14.6 Å². The van der Waals surface area contributed by atoms with Crippen molar-refractivity contribution in [3.05, 3.63) is 24.0 Å². The number of aromatic nitrogens is 1. The number of nitrogens with one attached hydrogen (secondary N) is 2. The molecule has 2 rings (SSSR count). The molecule has 2 heterocycles. The molecular formula is C15H21N3O3. The van der Waals surface area contributed by atoms with E-state index in [1.807, 2.05) is 0 Å². The van der Waals surface area contributed by atoms with Gasteiger partial charge >= 0.3 is 5.97 Å². The molecule has 1 aromatic heterocycles. The molecule has 21 heavy (non-hydrogen) atoms. The van der Waals surface area contributed by atoms with E-state index in [1.165, 1.54) is 19.0 Å². The summed E-state index contributed by atoms with van der Waals surface area (Å²) in [7, 11) is 0. The Morgan fingerprint density at radius 1 is 1.38 bits per heavy atom. The molecule has 0 saturated carbocycles. The lowest BCUT2D eigenvalue weighted by molar-refractivity contribution is -0.136. The largest absolute Gasteiger partial charge is 0.481 e. The van der Waals surface area contributed by atoms with Crippen molar-refractivity contribution in [3.8, 4) is 0 Å². The van der Waals surface area contributed by atoms with Gasteiger partial charge in [0.15, 0.2) is 0 Å². The summed E-state index contributed by atoms with van der Waals surface area (Å²) in [5, 5.41) is 14.9. The molecule has 1 aliphatic rings. The van der Waals surface area contributed by atoms with Crippen molar-refractivity contribution in [2.75, 3.05) is 11.9 Å². The van der Waals surface area contributed by atoms with E-state index in [0.717, 1.165) is 19.4 Å². The summed E-state index contributed by atoms with van der Waals surface area (Å²) in [4.78, 5) is 26.4. The first-order chi connectivity index (χ1) is 10.1. The number of aliphatic carboxylic acids is 1. The van der Waals surface area contributed by atoms with Crippen molar-refractivity contribution in [2.45, 2.75) is 44.6 Å². The summed E-state index contributed by atoms with van der Waals surface area (Å²) in [5.74, 6) is -0.950. The summed E-state index contributed by atoms with van der Waals surface area (Å²) in [6.45, 7) is 1.04. The van der Waals surface area contributed by atoms with Gasteiger partial charge in [0.1, 0.15) is 0 Å². The molecule has 0 aromatic carbocycles. The summed E-state index contributed by atoms with van der Waals surface area (Å²) in [5.41, 5.74) is 1.08. The van der Waals surface area contributed by atoms with Crippen LogP contribution in [0.2, 0.25) is 0 Å². The van der Waals surface area contributed by atoms with Crippen LogP contribution in [-0.2, 0) is 16.0 Å². The van der Waals surface area contributed by atoms with E-state index >= 15 is 0 Å². The number of hydrogen-bond donors (Lipinski definition) is 3. The molecule has 1 fully saturated rings. The Bertz CT molecular complexity index is 481. The van der Waals surface area contributed by atoms with Crippen LogP contribution in [0.3, 0.4) is 0 Å². The summed E-state index contributed by atoms with van der Waals surface area (Å²) in [6.07, 6.45) is 6.30. The van der Waals surface area contributed by atoms with Gasteiger partial charge in [-0.15, -0.1) is 0 Å². The fourth-order valence-electron chi connectivity index (χ4n) is 2.46. The lowest BCUT2D eigenvalue weighted by Crippen LogP contribution is -2.34. The summed E-state index contributed by atoms with van der Waals surface area (Å²) < 4.78 is 0. The Labute approximate surface area is 124 Å². The molecule has 0 bridgehead atoms. The zero-order valence-electron chi connectivity index (χ0n) is 12.0. The van der Waals surface area contributed by atoms with Gasteiger partial charge in [-0.25, -0.2) is 0 Å². The van der Waals surface area contributed by atoms with Gasteiger partial charge in [-0.05, 0) is 37.9 Å². The number of carboxylic acids is 1. The highest BCUT2D eigenvalue weighted by molar-refractivity contribution is 5.90. The Morgan fingerprint density at radius 3 is 2.86 bits per heavy atom. The molecular weight excluding hydrogens is 270 g/mol. The van der Waals surface area contributed by atoms with Crippen LogP contribution in [0.25, 0.3) is 0 Å². The lowest BCUT2D eigenvalue weighted by atomic mass is 10.0. The van der Waals surface area contributed by atoms with Crippen molar-refractivity contribution in [3.63, 3.8) is 0 Å². The Kier molecular flexibility index (Phi) is 5.68. The predicted molar refractivity (Wildman–Crippen MR) is 79.1 cm³/mol. The van der Waals surface area contributed by atoms with E-state index in [-0.39, 0.29) is 12.3 Å². The van der Waals surface area contributed by atoms with Crippen LogP contribution in [0.5, 0.6) is 0 Å². The van der Waals surface area contributed by atoms with Gasteiger partial charge in [0, 0.05) is 12.5 Å². The number of hydrogen-bond acceptors (Lipinski definition) is 4. The van der Waals surface area contributed by atoms with E-state index in [1.54, 1.807) is 12.1 Å². The summed E-state index contributed by atoms with van der Waals surface area (Å²) in [6, 6.07) is 3.75. The van der Waals surface area contributed by atoms with Gasteiger partial charge in [0.2, 0.25) is 5.91 Å². The zero-order chi connectivity index (χ0) is 15.1. The van der Waals surface area contributed by atoms with Crippen molar-refractivity contribution in [2.24, 2.45) is 0 Å². The van der Waals surface area contributed by atoms with Gasteiger partial charge in [0.25, 0.3) is 0 Å². The first-order valence-corrected chi connectivity index (χ1v) is 7.33. The number of carbonyl (C=O) groups excluding carboxylic acids is 1. The molecule has 1 amide bonds. The fraction of sp³-hybridized carbons (Fsp3) is 0.533. The maximum Gasteiger partial charge on any atom is 0.309 e. The van der Waals surface area contributed by atoms with Crippen LogP contribution in [0, 0.1) is 0 Å². The molecule has 1 saturated heterocycles. The average molecular weight is 291 g/mol. The standard InChI is InChI=1S/C15H21N3O3/c19-14(7-6-11-3-1-2-8-16-11)18-13-5-4-12(17-10-13)9-15(20)21/h4-5,10-11,16H,1-3,6-9H2,(H,18,19)(H,20,21). The number of amides is 1. The molecule has 0 radical (unpaired) electrons. The van der Waals surface area contributed by atoms with Crippen molar-refractivity contribution in [1.82, 2.24) is 10.3 Å². The fourth-order valence-corrected chi connectivity index (χ4v) is 2.46. The molecule has 6 nitrogen and oxygen atoms in total. The van der Waals surface area contributed by atoms with Crippen LogP contribution < -0.4 is 10.6 Å². The van der Waals surface area contributed by atoms with Crippen molar-refractivity contribution in [1.29, 1.82) is 0 Å². The minimum absolute atomic E-state index is 0.0323. The third-order valence-corrected chi connectivity index (χ3v) is 3.57. The predicted octanol–water partition coefficient (Wildman–Crippen LogP) is 1.57. The van der Waals surface area contributed by atoms with Crippen LogP contribution in [0.1, 0.15) is 37.8 Å². The Balaban J connectivity index is 1.75. The van der Waals surface area contributed by atoms with Crippen molar-refractivity contribution >= 4 is 17.6 Å². The molecule has 0 spiro atoms. The highest BCUT2D eigenvalue weighted by Gasteiger charge is 2.14. The molecule has 6 heteroatoms. The SMILES string of the molecule is O=C(O)Cc1ccc(NC(=O)CCC2CCCCN2)cn1. The van der Waals surface area contributed by atoms with E-state index in [4.69, 9.17) is 5.11 Å². The molecule has 1 unspecified atom stereocenters. The monoisotopic (exact) mass is 291 g/mol. The van der Waals surface area contributed by atoms with Crippen LogP contribution >= 0.6 is 0 Å². The molecule has 1 aliphatic heterocycles. The summed E-state index contributed by atoms with van der Waals surface area (Å²) >= 11 is 0. The number of piperidine rings is 1. The molecule has 1 atom stereocenters. The second kappa shape index (κ2) is 7.73. The molecule has 0 aliphatic carbocycles. The molecule has 114 valence electrons. The highest BCUT2D eigenvalue weighted by atomic mass is 16.4. The van der Waals surface area contributed by atoms with Crippen LogP contribution in [-0.4, -0.2) is 34.6 Å². The quantitative estimate of drug-likeness (QED) is 0.740. The number of carbonyl (C=O) groups is 2. The Hall–Kier alpha value is -1.95. The third kappa shape index (κ3) is 5.51. The minimum atomic E-state index is -0.917. The zero-order valence-corrected chi connectivity index (χ0v) is 12.0. The maximum absolute atomic E-state index is 11.9.